The molecule has 1 atom stereocenters. The normalized spacial score (nSPS) is 19.1. The van der Waals surface area contributed by atoms with Crippen LogP contribution in [0.15, 0.2) is 10.7 Å². The van der Waals surface area contributed by atoms with Gasteiger partial charge in [-0.05, 0) is 62.0 Å². The van der Waals surface area contributed by atoms with E-state index in [9.17, 15) is 0 Å². The zero-order chi connectivity index (χ0) is 14.8. The second-order valence-corrected chi connectivity index (χ2v) is 6.78. The summed E-state index contributed by atoms with van der Waals surface area (Å²) in [6.45, 7) is 7.52. The third-order valence-electron chi connectivity index (χ3n) is 4.28. The van der Waals surface area contributed by atoms with Gasteiger partial charge in [0.25, 0.3) is 0 Å². The van der Waals surface area contributed by atoms with Gasteiger partial charge in [0.2, 0.25) is 0 Å². The van der Waals surface area contributed by atoms with Crippen LogP contribution in [0.1, 0.15) is 64.2 Å². The Morgan fingerprint density at radius 2 is 2.20 bits per heavy atom. The largest absolute Gasteiger partial charge is 0.376 e. The van der Waals surface area contributed by atoms with E-state index in [1.165, 1.54) is 12.1 Å². The third-order valence-corrected chi connectivity index (χ3v) is 4.89. The maximum atomic E-state index is 5.92. The molecule has 1 aliphatic rings. The van der Waals surface area contributed by atoms with Crippen LogP contribution < -0.4 is 5.32 Å². The molecule has 0 spiro atoms. The summed E-state index contributed by atoms with van der Waals surface area (Å²) in [5.74, 6) is 0. The Balaban J connectivity index is 2.38. The molecule has 0 radical (unpaired) electrons. The summed E-state index contributed by atoms with van der Waals surface area (Å²) in [5, 5.41) is 8.21. The lowest BCUT2D eigenvalue weighted by atomic mass is 9.73. The number of rotatable bonds is 7. The Labute approximate surface area is 130 Å². The van der Waals surface area contributed by atoms with Crippen LogP contribution in [-0.4, -0.2) is 29.0 Å². The minimum atomic E-state index is -0.0790. The summed E-state index contributed by atoms with van der Waals surface area (Å²) >= 11 is 3.67. The third kappa shape index (κ3) is 2.81. The van der Waals surface area contributed by atoms with Crippen molar-refractivity contribution in [3.63, 3.8) is 0 Å². The fraction of sp³-hybridized carbons (Fsp3) is 0.800. The van der Waals surface area contributed by atoms with Crippen LogP contribution in [0.3, 0.4) is 0 Å². The molecule has 0 aromatic carbocycles. The lowest BCUT2D eigenvalue weighted by molar-refractivity contribution is -0.102. The minimum absolute atomic E-state index is 0.0790. The Kier molecular flexibility index (Phi) is 5.26. The molecule has 4 nitrogen and oxygen atoms in total. The van der Waals surface area contributed by atoms with Gasteiger partial charge in [-0.1, -0.05) is 6.92 Å². The highest BCUT2D eigenvalue weighted by molar-refractivity contribution is 9.10. The molecule has 1 N–H and O–H groups in total. The van der Waals surface area contributed by atoms with Gasteiger partial charge in [0.05, 0.1) is 28.0 Å². The molecule has 1 aromatic heterocycles. The molecule has 0 aliphatic heterocycles. The zero-order valence-corrected chi connectivity index (χ0v) is 14.5. The molecular weight excluding hydrogens is 318 g/mol. The number of hydrogen-bond donors (Lipinski definition) is 1. The fourth-order valence-electron chi connectivity index (χ4n) is 2.99. The maximum Gasteiger partial charge on any atom is 0.0888 e. The highest BCUT2D eigenvalue weighted by Gasteiger charge is 2.47. The Morgan fingerprint density at radius 3 is 2.65 bits per heavy atom. The van der Waals surface area contributed by atoms with Crippen molar-refractivity contribution in [2.45, 2.75) is 64.1 Å². The molecule has 0 bridgehead atoms. The molecule has 1 fully saturated rings. The first-order valence-electron chi connectivity index (χ1n) is 7.57. The molecule has 0 saturated heterocycles. The van der Waals surface area contributed by atoms with Crippen molar-refractivity contribution in [1.82, 2.24) is 15.1 Å². The van der Waals surface area contributed by atoms with Crippen LogP contribution >= 0.6 is 15.9 Å². The lowest BCUT2D eigenvalue weighted by Gasteiger charge is -2.47. The SMILES string of the molecule is CCCNC(c1c(Br)cnn1C(C)C)C1(OC)CCC1. The van der Waals surface area contributed by atoms with Crippen LogP contribution in [0.4, 0.5) is 0 Å². The summed E-state index contributed by atoms with van der Waals surface area (Å²) in [7, 11) is 1.84. The number of ether oxygens (including phenoxy) is 1. The predicted octanol–water partition coefficient (Wildman–Crippen LogP) is 3.84. The monoisotopic (exact) mass is 343 g/mol. The van der Waals surface area contributed by atoms with Crippen molar-refractivity contribution in [3.8, 4) is 0 Å². The Hall–Kier alpha value is -0.390. The van der Waals surface area contributed by atoms with Gasteiger partial charge in [-0.15, -0.1) is 0 Å². The highest BCUT2D eigenvalue weighted by atomic mass is 79.9. The maximum absolute atomic E-state index is 5.92. The van der Waals surface area contributed by atoms with E-state index in [2.05, 4.69) is 51.8 Å². The molecule has 2 rings (SSSR count). The molecule has 1 unspecified atom stereocenters. The van der Waals surface area contributed by atoms with Gasteiger partial charge < -0.3 is 10.1 Å². The summed E-state index contributed by atoms with van der Waals surface area (Å²) in [6.07, 6.45) is 6.48. The number of aromatic nitrogens is 2. The summed E-state index contributed by atoms with van der Waals surface area (Å²) in [4.78, 5) is 0. The van der Waals surface area contributed by atoms with Crippen LogP contribution in [-0.2, 0) is 4.74 Å². The molecular formula is C15H26BrN3O. The first kappa shape index (κ1) is 16.0. The predicted molar refractivity (Wildman–Crippen MR) is 84.9 cm³/mol. The average molecular weight is 344 g/mol. The number of nitrogens with one attached hydrogen (secondary N) is 1. The number of hydrogen-bond acceptors (Lipinski definition) is 3. The van der Waals surface area contributed by atoms with E-state index in [1.807, 2.05) is 13.3 Å². The summed E-state index contributed by atoms with van der Waals surface area (Å²) in [5.41, 5.74) is 1.14. The van der Waals surface area contributed by atoms with Crippen molar-refractivity contribution in [2.75, 3.05) is 13.7 Å². The molecule has 0 amide bonds. The van der Waals surface area contributed by atoms with Gasteiger partial charge in [-0.25, -0.2) is 0 Å². The van der Waals surface area contributed by atoms with Gasteiger partial charge in [0, 0.05) is 13.2 Å². The Bertz CT molecular complexity index is 435. The van der Waals surface area contributed by atoms with Crippen molar-refractivity contribution in [1.29, 1.82) is 0 Å². The van der Waals surface area contributed by atoms with Gasteiger partial charge in [0.15, 0.2) is 0 Å². The fourth-order valence-corrected chi connectivity index (χ4v) is 3.49. The summed E-state index contributed by atoms with van der Waals surface area (Å²) in [6, 6.07) is 0.539. The van der Waals surface area contributed by atoms with Crippen LogP contribution in [0, 0.1) is 0 Å². The summed E-state index contributed by atoms with van der Waals surface area (Å²) < 4.78 is 9.10. The number of methoxy groups -OCH3 is 1. The van der Waals surface area contributed by atoms with Crippen molar-refractivity contribution >= 4 is 15.9 Å². The van der Waals surface area contributed by atoms with E-state index >= 15 is 0 Å². The van der Waals surface area contributed by atoms with Crippen LogP contribution in [0.25, 0.3) is 0 Å². The average Bonchev–Trinajstić information content (AvgIpc) is 2.74. The first-order chi connectivity index (χ1) is 9.55. The van der Waals surface area contributed by atoms with Gasteiger partial charge in [-0.3, -0.25) is 4.68 Å². The van der Waals surface area contributed by atoms with Gasteiger partial charge in [-0.2, -0.15) is 5.10 Å². The molecule has 20 heavy (non-hydrogen) atoms. The van der Waals surface area contributed by atoms with E-state index in [1.54, 1.807) is 0 Å². The number of halogens is 1. The van der Waals surface area contributed by atoms with E-state index in [0.29, 0.717) is 6.04 Å². The van der Waals surface area contributed by atoms with Crippen LogP contribution in [0.2, 0.25) is 0 Å². The molecule has 1 aromatic rings. The molecule has 1 aliphatic carbocycles. The van der Waals surface area contributed by atoms with E-state index in [-0.39, 0.29) is 11.6 Å². The zero-order valence-electron chi connectivity index (χ0n) is 12.9. The Morgan fingerprint density at radius 1 is 1.50 bits per heavy atom. The number of nitrogens with zero attached hydrogens (tertiary/aromatic N) is 2. The molecule has 1 heterocycles. The standard InChI is InChI=1S/C15H26BrN3O/c1-5-9-17-14(15(20-4)7-6-8-15)13-12(16)10-18-19(13)11(2)3/h10-11,14,17H,5-9H2,1-4H3. The molecule has 5 heteroatoms. The highest BCUT2D eigenvalue weighted by Crippen LogP contribution is 2.46. The van der Waals surface area contributed by atoms with Crippen LogP contribution in [0.5, 0.6) is 0 Å². The van der Waals surface area contributed by atoms with Gasteiger partial charge in [0.1, 0.15) is 0 Å². The van der Waals surface area contributed by atoms with Crippen molar-refractivity contribution in [2.24, 2.45) is 0 Å². The second-order valence-electron chi connectivity index (χ2n) is 5.93. The smallest absolute Gasteiger partial charge is 0.0888 e. The topological polar surface area (TPSA) is 39.1 Å². The van der Waals surface area contributed by atoms with Crippen molar-refractivity contribution < 1.29 is 4.74 Å². The lowest BCUT2D eigenvalue weighted by Crippen LogP contribution is -2.51. The second kappa shape index (κ2) is 6.58. The molecule has 1 saturated carbocycles. The molecule has 114 valence electrons. The van der Waals surface area contributed by atoms with E-state index < -0.39 is 0 Å². The quantitative estimate of drug-likeness (QED) is 0.817. The van der Waals surface area contributed by atoms with Gasteiger partial charge >= 0.3 is 0 Å². The first-order valence-corrected chi connectivity index (χ1v) is 8.36. The minimum Gasteiger partial charge on any atom is -0.376 e. The van der Waals surface area contributed by atoms with E-state index in [4.69, 9.17) is 4.74 Å². The van der Waals surface area contributed by atoms with Crippen molar-refractivity contribution in [3.05, 3.63) is 16.4 Å². The van der Waals surface area contributed by atoms with E-state index in [0.717, 1.165) is 30.3 Å².